The number of halogens is 2. The quantitative estimate of drug-likeness (QED) is 0.766. The zero-order valence-electron chi connectivity index (χ0n) is 15.5. The molecule has 1 fully saturated rings. The minimum absolute atomic E-state index is 0.00739. The van der Waals surface area contributed by atoms with E-state index in [-0.39, 0.29) is 21.8 Å². The Kier molecular flexibility index (Phi) is 6.39. The van der Waals surface area contributed by atoms with E-state index in [1.807, 2.05) is 7.05 Å². The highest BCUT2D eigenvalue weighted by atomic mass is 35.5. The van der Waals surface area contributed by atoms with E-state index in [1.54, 1.807) is 23.1 Å². The maximum Gasteiger partial charge on any atom is 0.275 e. The van der Waals surface area contributed by atoms with Gasteiger partial charge in [0.1, 0.15) is 16.6 Å². The van der Waals surface area contributed by atoms with Crippen molar-refractivity contribution in [1.82, 2.24) is 14.8 Å². The minimum Gasteiger partial charge on any atom is -0.495 e. The highest BCUT2D eigenvalue weighted by Crippen LogP contribution is 2.28. The van der Waals surface area contributed by atoms with Crippen LogP contribution >= 0.6 is 23.2 Å². The van der Waals surface area contributed by atoms with Crippen LogP contribution in [0, 0.1) is 0 Å². The lowest BCUT2D eigenvalue weighted by atomic mass is 10.1. The predicted octanol–water partition coefficient (Wildman–Crippen LogP) is 3.04. The number of rotatable bonds is 4. The number of nitrogens with one attached hydrogen (secondary N) is 1. The van der Waals surface area contributed by atoms with Crippen molar-refractivity contribution >= 4 is 40.7 Å². The average molecular weight is 423 g/mol. The van der Waals surface area contributed by atoms with Gasteiger partial charge in [-0.15, -0.1) is 0 Å². The Labute approximate surface area is 173 Å². The molecular weight excluding hydrogens is 403 g/mol. The number of benzene rings is 1. The van der Waals surface area contributed by atoms with E-state index >= 15 is 0 Å². The van der Waals surface area contributed by atoms with Crippen molar-refractivity contribution in [2.75, 3.05) is 45.7 Å². The van der Waals surface area contributed by atoms with Crippen LogP contribution in [0.15, 0.2) is 30.3 Å². The van der Waals surface area contributed by atoms with E-state index < -0.39 is 5.91 Å². The number of pyridine rings is 1. The first-order valence-corrected chi connectivity index (χ1v) is 9.44. The zero-order valence-corrected chi connectivity index (χ0v) is 17.0. The predicted molar refractivity (Wildman–Crippen MR) is 109 cm³/mol. The second-order valence-electron chi connectivity index (χ2n) is 6.43. The Morgan fingerprint density at radius 1 is 1.11 bits per heavy atom. The molecule has 3 rings (SSSR count). The summed E-state index contributed by atoms with van der Waals surface area (Å²) in [7, 11) is 3.51. The van der Waals surface area contributed by atoms with Gasteiger partial charge in [-0.25, -0.2) is 4.98 Å². The number of hydrogen-bond donors (Lipinski definition) is 1. The second kappa shape index (κ2) is 8.77. The van der Waals surface area contributed by atoms with Gasteiger partial charge in [0.25, 0.3) is 11.8 Å². The van der Waals surface area contributed by atoms with Gasteiger partial charge in [-0.3, -0.25) is 9.59 Å². The van der Waals surface area contributed by atoms with Gasteiger partial charge >= 0.3 is 0 Å². The van der Waals surface area contributed by atoms with Gasteiger partial charge in [0.2, 0.25) is 0 Å². The molecular formula is C19H20Cl2N4O3. The van der Waals surface area contributed by atoms with E-state index in [1.165, 1.54) is 19.2 Å². The Hall–Kier alpha value is -2.35. The van der Waals surface area contributed by atoms with Crippen LogP contribution in [0.5, 0.6) is 5.75 Å². The molecule has 0 saturated carbocycles. The molecule has 1 aliphatic heterocycles. The first kappa shape index (κ1) is 20.4. The standard InChI is InChI=1S/C19H20Cl2N4O3/c1-24-7-9-25(10-8-24)19(27)12-3-5-15(28-2)14(11-12)22-18(26)17-13(20)4-6-16(21)23-17/h3-6,11H,7-10H2,1-2H3,(H,22,26). The van der Waals surface area contributed by atoms with Crippen LogP contribution in [-0.2, 0) is 0 Å². The van der Waals surface area contributed by atoms with Crippen molar-refractivity contribution < 1.29 is 14.3 Å². The number of carbonyl (C=O) groups is 2. The smallest absolute Gasteiger partial charge is 0.275 e. The molecule has 0 bridgehead atoms. The summed E-state index contributed by atoms with van der Waals surface area (Å²) in [5, 5.41) is 3.03. The van der Waals surface area contributed by atoms with Gasteiger partial charge in [0, 0.05) is 31.7 Å². The van der Waals surface area contributed by atoms with Gasteiger partial charge in [-0.2, -0.15) is 0 Å². The monoisotopic (exact) mass is 422 g/mol. The van der Waals surface area contributed by atoms with Crippen LogP contribution in [0.2, 0.25) is 10.2 Å². The summed E-state index contributed by atoms with van der Waals surface area (Å²) in [6.07, 6.45) is 0. The molecule has 0 unspecified atom stereocenters. The molecule has 7 nitrogen and oxygen atoms in total. The van der Waals surface area contributed by atoms with E-state index in [0.29, 0.717) is 30.1 Å². The Morgan fingerprint density at radius 3 is 2.50 bits per heavy atom. The summed E-state index contributed by atoms with van der Waals surface area (Å²) in [5.74, 6) is -0.221. The molecule has 1 aromatic carbocycles. The molecule has 1 saturated heterocycles. The van der Waals surface area contributed by atoms with E-state index in [9.17, 15) is 9.59 Å². The van der Waals surface area contributed by atoms with Gasteiger partial charge < -0.3 is 19.9 Å². The number of piperazine rings is 1. The number of aromatic nitrogens is 1. The van der Waals surface area contributed by atoms with Gasteiger partial charge in [0.05, 0.1) is 17.8 Å². The largest absolute Gasteiger partial charge is 0.495 e. The maximum absolute atomic E-state index is 12.8. The Morgan fingerprint density at radius 2 is 1.82 bits per heavy atom. The number of likely N-dealkylation sites (N-methyl/N-ethyl adjacent to an activating group) is 1. The van der Waals surface area contributed by atoms with Crippen LogP contribution in [0.1, 0.15) is 20.8 Å². The molecule has 1 aliphatic rings. The first-order chi connectivity index (χ1) is 13.4. The molecule has 28 heavy (non-hydrogen) atoms. The molecule has 0 spiro atoms. The number of methoxy groups -OCH3 is 1. The molecule has 2 aromatic rings. The van der Waals surface area contributed by atoms with Crippen LogP contribution in [0.4, 0.5) is 5.69 Å². The molecule has 0 atom stereocenters. The van der Waals surface area contributed by atoms with Gasteiger partial charge in [-0.05, 0) is 37.4 Å². The van der Waals surface area contributed by atoms with Crippen LogP contribution in [-0.4, -0.2) is 66.9 Å². The summed E-state index contributed by atoms with van der Waals surface area (Å²) >= 11 is 11.9. The number of ether oxygens (including phenoxy) is 1. The fourth-order valence-corrected chi connectivity index (χ4v) is 3.23. The molecule has 0 radical (unpaired) electrons. The molecule has 0 aliphatic carbocycles. The highest BCUT2D eigenvalue weighted by molar-refractivity contribution is 6.35. The normalized spacial score (nSPS) is 14.6. The van der Waals surface area contributed by atoms with Crippen molar-refractivity contribution in [2.45, 2.75) is 0 Å². The number of hydrogen-bond acceptors (Lipinski definition) is 5. The number of nitrogens with zero attached hydrogens (tertiary/aromatic N) is 3. The van der Waals surface area contributed by atoms with Gasteiger partial charge in [0.15, 0.2) is 0 Å². The molecule has 1 N–H and O–H groups in total. The second-order valence-corrected chi connectivity index (χ2v) is 7.22. The SMILES string of the molecule is COc1ccc(C(=O)N2CCN(C)CC2)cc1NC(=O)c1nc(Cl)ccc1Cl. The summed E-state index contributed by atoms with van der Waals surface area (Å²) in [6, 6.07) is 7.91. The molecule has 2 heterocycles. The third-order valence-corrected chi connectivity index (χ3v) is 5.03. The highest BCUT2D eigenvalue weighted by Gasteiger charge is 2.22. The molecule has 2 amide bonds. The van der Waals surface area contributed by atoms with E-state index in [4.69, 9.17) is 27.9 Å². The Bertz CT molecular complexity index is 899. The topological polar surface area (TPSA) is 74.8 Å². The average Bonchev–Trinajstić information content (AvgIpc) is 2.69. The van der Waals surface area contributed by atoms with E-state index in [2.05, 4.69) is 15.2 Å². The van der Waals surface area contributed by atoms with Crippen LogP contribution < -0.4 is 10.1 Å². The number of anilines is 1. The summed E-state index contributed by atoms with van der Waals surface area (Å²) in [5.41, 5.74) is 0.808. The summed E-state index contributed by atoms with van der Waals surface area (Å²) in [4.78, 5) is 33.3. The van der Waals surface area contributed by atoms with Crippen molar-refractivity contribution in [3.8, 4) is 5.75 Å². The molecule has 148 valence electrons. The van der Waals surface area contributed by atoms with E-state index in [0.717, 1.165) is 13.1 Å². The lowest BCUT2D eigenvalue weighted by molar-refractivity contribution is 0.0664. The fraction of sp³-hybridized carbons (Fsp3) is 0.316. The van der Waals surface area contributed by atoms with Crippen LogP contribution in [0.3, 0.4) is 0 Å². The third-order valence-electron chi connectivity index (χ3n) is 4.51. The number of amides is 2. The van der Waals surface area contributed by atoms with Crippen molar-refractivity contribution in [2.24, 2.45) is 0 Å². The van der Waals surface area contributed by atoms with Crippen molar-refractivity contribution in [3.05, 3.63) is 51.8 Å². The minimum atomic E-state index is -0.546. The van der Waals surface area contributed by atoms with Crippen molar-refractivity contribution in [1.29, 1.82) is 0 Å². The maximum atomic E-state index is 12.8. The number of carbonyl (C=O) groups excluding carboxylic acids is 2. The molecule has 9 heteroatoms. The molecule has 1 aromatic heterocycles. The third kappa shape index (κ3) is 4.55. The lowest BCUT2D eigenvalue weighted by Gasteiger charge is -2.32. The summed E-state index contributed by atoms with van der Waals surface area (Å²) in [6.45, 7) is 2.96. The van der Waals surface area contributed by atoms with Crippen LogP contribution in [0.25, 0.3) is 0 Å². The summed E-state index contributed by atoms with van der Waals surface area (Å²) < 4.78 is 5.30. The Balaban J connectivity index is 1.84. The van der Waals surface area contributed by atoms with Crippen molar-refractivity contribution in [3.63, 3.8) is 0 Å². The zero-order chi connectivity index (χ0) is 20.3. The fourth-order valence-electron chi connectivity index (χ4n) is 2.89. The first-order valence-electron chi connectivity index (χ1n) is 8.68. The lowest BCUT2D eigenvalue weighted by Crippen LogP contribution is -2.47. The van der Waals surface area contributed by atoms with Gasteiger partial charge in [-0.1, -0.05) is 23.2 Å².